The summed E-state index contributed by atoms with van der Waals surface area (Å²) >= 11 is 0. The quantitative estimate of drug-likeness (QED) is 0.375. The van der Waals surface area contributed by atoms with Crippen LogP contribution in [0.5, 0.6) is 0 Å². The summed E-state index contributed by atoms with van der Waals surface area (Å²) in [7, 11) is 0. The van der Waals surface area contributed by atoms with E-state index < -0.39 is 11.8 Å². The van der Waals surface area contributed by atoms with E-state index in [0.29, 0.717) is 24.5 Å². The highest BCUT2D eigenvalue weighted by atomic mass is 16.5. The van der Waals surface area contributed by atoms with E-state index >= 15 is 0 Å². The molecule has 0 aliphatic carbocycles. The fourth-order valence-corrected chi connectivity index (χ4v) is 1.32. The first kappa shape index (κ1) is 13.8. The van der Waals surface area contributed by atoms with Gasteiger partial charge in [-0.05, 0) is 18.2 Å². The Hall–Kier alpha value is -2.28. The van der Waals surface area contributed by atoms with E-state index in [2.05, 4.69) is 5.32 Å². The summed E-state index contributed by atoms with van der Waals surface area (Å²) in [5.41, 5.74) is 17.0. The van der Waals surface area contributed by atoms with Gasteiger partial charge in [-0.2, -0.15) is 0 Å². The molecule has 0 radical (unpaired) electrons. The molecule has 1 aromatic carbocycles. The lowest BCUT2D eigenvalue weighted by Gasteiger charge is -2.09. The van der Waals surface area contributed by atoms with E-state index in [4.69, 9.17) is 21.9 Å². The van der Waals surface area contributed by atoms with E-state index in [0.717, 1.165) is 0 Å². The van der Waals surface area contributed by atoms with Crippen molar-refractivity contribution in [3.63, 3.8) is 0 Å². The fourth-order valence-electron chi connectivity index (χ4n) is 1.32. The van der Waals surface area contributed by atoms with Gasteiger partial charge in [0.15, 0.2) is 0 Å². The first-order valence-electron chi connectivity index (χ1n) is 5.30. The summed E-state index contributed by atoms with van der Waals surface area (Å²) in [6.45, 7) is 0.671. The zero-order valence-electron chi connectivity index (χ0n) is 9.81. The van der Waals surface area contributed by atoms with Crippen molar-refractivity contribution in [1.82, 2.24) is 0 Å². The van der Waals surface area contributed by atoms with Gasteiger partial charge in [0.05, 0.1) is 12.2 Å². The van der Waals surface area contributed by atoms with Crippen LogP contribution >= 0.6 is 0 Å². The van der Waals surface area contributed by atoms with Crippen LogP contribution in [0.2, 0.25) is 0 Å². The van der Waals surface area contributed by atoms with Gasteiger partial charge in [0.2, 0.25) is 5.91 Å². The topological polar surface area (TPSA) is 133 Å². The van der Waals surface area contributed by atoms with Crippen molar-refractivity contribution >= 4 is 23.2 Å². The Morgan fingerprint density at radius 1 is 1.28 bits per heavy atom. The predicted molar refractivity (Wildman–Crippen MR) is 67.9 cm³/mol. The highest BCUT2D eigenvalue weighted by Crippen LogP contribution is 2.16. The van der Waals surface area contributed by atoms with Crippen molar-refractivity contribution in [2.45, 2.75) is 0 Å². The minimum atomic E-state index is -0.582. The maximum atomic E-state index is 11.1. The number of nitrogens with two attached hydrogens (primary N) is 3. The van der Waals surface area contributed by atoms with Crippen LogP contribution in [0.1, 0.15) is 10.4 Å². The Kier molecular flexibility index (Phi) is 4.94. The highest BCUT2D eigenvalue weighted by Gasteiger charge is 2.06. The van der Waals surface area contributed by atoms with Crippen molar-refractivity contribution < 1.29 is 14.3 Å². The van der Waals surface area contributed by atoms with Crippen molar-refractivity contribution in [2.75, 3.05) is 30.8 Å². The minimum Gasteiger partial charge on any atom is -0.398 e. The zero-order valence-corrected chi connectivity index (χ0v) is 9.81. The third kappa shape index (κ3) is 4.30. The van der Waals surface area contributed by atoms with E-state index in [1.54, 1.807) is 18.2 Å². The predicted octanol–water partition coefficient (Wildman–Crippen LogP) is -0.718. The van der Waals surface area contributed by atoms with Gasteiger partial charge in [-0.3, -0.25) is 9.59 Å². The maximum Gasteiger partial charge on any atom is 0.250 e. The van der Waals surface area contributed by atoms with Crippen LogP contribution in [0.25, 0.3) is 0 Å². The summed E-state index contributed by atoms with van der Waals surface area (Å²) in [5.74, 6) is -1.10. The molecule has 0 aliphatic heterocycles. The second kappa shape index (κ2) is 6.45. The van der Waals surface area contributed by atoms with Crippen molar-refractivity contribution in [2.24, 2.45) is 11.5 Å². The molecular weight excluding hydrogens is 236 g/mol. The Bertz CT molecular complexity index is 448. The molecule has 0 atom stereocenters. The summed E-state index contributed by atoms with van der Waals surface area (Å²) in [5, 5.41) is 3.00. The molecular formula is C11H16N4O3. The van der Waals surface area contributed by atoms with Crippen LogP contribution in [0.15, 0.2) is 18.2 Å². The summed E-state index contributed by atoms with van der Waals surface area (Å²) in [4.78, 5) is 21.5. The number of hydrogen-bond acceptors (Lipinski definition) is 5. The number of anilines is 2. The van der Waals surface area contributed by atoms with Crippen LogP contribution in [0.4, 0.5) is 11.4 Å². The normalized spacial score (nSPS) is 10.0. The van der Waals surface area contributed by atoms with E-state index in [1.807, 2.05) is 0 Å². The Balaban J connectivity index is 2.45. The smallest absolute Gasteiger partial charge is 0.250 e. The molecule has 0 aromatic heterocycles. The van der Waals surface area contributed by atoms with Gasteiger partial charge >= 0.3 is 0 Å². The maximum absolute atomic E-state index is 11.1. The van der Waals surface area contributed by atoms with Crippen LogP contribution in [-0.2, 0) is 9.53 Å². The number of hydrogen-bond donors (Lipinski definition) is 4. The lowest BCUT2D eigenvalue weighted by Crippen LogP contribution is -2.20. The number of nitrogens with one attached hydrogen (secondary N) is 1. The number of carbonyl (C=O) groups is 2. The molecule has 0 unspecified atom stereocenters. The van der Waals surface area contributed by atoms with Crippen LogP contribution in [-0.4, -0.2) is 31.6 Å². The Morgan fingerprint density at radius 2 is 2.00 bits per heavy atom. The number of rotatable bonds is 7. The largest absolute Gasteiger partial charge is 0.398 e. The minimum absolute atomic E-state index is 0.115. The third-order valence-corrected chi connectivity index (χ3v) is 2.14. The number of primary amides is 2. The van der Waals surface area contributed by atoms with Crippen LogP contribution in [0.3, 0.4) is 0 Å². The molecule has 98 valence electrons. The molecule has 0 saturated carbocycles. The molecule has 0 fully saturated rings. The van der Waals surface area contributed by atoms with Gasteiger partial charge in [-0.15, -0.1) is 0 Å². The first-order valence-corrected chi connectivity index (χ1v) is 5.30. The fraction of sp³-hybridized carbons (Fsp3) is 0.273. The molecule has 18 heavy (non-hydrogen) atoms. The lowest BCUT2D eigenvalue weighted by atomic mass is 10.1. The molecule has 7 nitrogen and oxygen atoms in total. The SMILES string of the molecule is NC(=O)COCCNc1ccc(N)c(C(N)=O)c1. The molecule has 0 spiro atoms. The molecule has 0 heterocycles. The molecule has 0 saturated heterocycles. The second-order valence-corrected chi connectivity index (χ2v) is 3.61. The number of nitrogen functional groups attached to an aromatic ring is 1. The number of amides is 2. The molecule has 0 bridgehead atoms. The van der Waals surface area contributed by atoms with Gasteiger partial charge in [0, 0.05) is 17.9 Å². The third-order valence-electron chi connectivity index (χ3n) is 2.14. The molecule has 7 N–H and O–H groups in total. The van der Waals surface area contributed by atoms with Crippen LogP contribution in [0, 0.1) is 0 Å². The van der Waals surface area contributed by atoms with E-state index in [9.17, 15) is 9.59 Å². The van der Waals surface area contributed by atoms with Crippen molar-refractivity contribution in [1.29, 1.82) is 0 Å². The molecule has 0 aliphatic rings. The first-order chi connectivity index (χ1) is 8.50. The van der Waals surface area contributed by atoms with Gasteiger partial charge in [0.25, 0.3) is 5.91 Å². The number of ether oxygens (including phenoxy) is 1. The average molecular weight is 252 g/mol. The van der Waals surface area contributed by atoms with Crippen molar-refractivity contribution in [3.8, 4) is 0 Å². The van der Waals surface area contributed by atoms with Gasteiger partial charge in [-0.1, -0.05) is 0 Å². The Labute approximate surface area is 104 Å². The highest BCUT2D eigenvalue weighted by molar-refractivity contribution is 5.98. The number of benzene rings is 1. The van der Waals surface area contributed by atoms with Gasteiger partial charge in [0.1, 0.15) is 6.61 Å². The molecule has 2 amide bonds. The van der Waals surface area contributed by atoms with E-state index in [1.165, 1.54) is 0 Å². The zero-order chi connectivity index (χ0) is 13.5. The second-order valence-electron chi connectivity index (χ2n) is 3.61. The summed E-state index contributed by atoms with van der Waals surface area (Å²) in [6.07, 6.45) is 0. The standard InChI is InChI=1S/C11H16N4O3/c12-9-2-1-7(5-8(9)11(14)17)15-3-4-18-6-10(13)16/h1-2,5,15H,3-4,6,12H2,(H2,13,16)(H2,14,17). The monoisotopic (exact) mass is 252 g/mol. The molecule has 1 rings (SSSR count). The van der Waals surface area contributed by atoms with Crippen LogP contribution < -0.4 is 22.5 Å². The van der Waals surface area contributed by atoms with Crippen molar-refractivity contribution in [3.05, 3.63) is 23.8 Å². The summed E-state index contributed by atoms with van der Waals surface area (Å²) < 4.78 is 4.96. The molecule has 7 heteroatoms. The van der Waals surface area contributed by atoms with Gasteiger partial charge in [-0.25, -0.2) is 0 Å². The number of carbonyl (C=O) groups excluding carboxylic acids is 2. The summed E-state index contributed by atoms with van der Waals surface area (Å²) in [6, 6.07) is 4.87. The molecule has 1 aromatic rings. The van der Waals surface area contributed by atoms with E-state index in [-0.39, 0.29) is 12.2 Å². The van der Waals surface area contributed by atoms with Gasteiger partial charge < -0.3 is 27.3 Å². The Morgan fingerprint density at radius 3 is 2.61 bits per heavy atom. The lowest BCUT2D eigenvalue weighted by molar-refractivity contribution is -0.122. The average Bonchev–Trinajstić information content (AvgIpc) is 2.30.